The Hall–Kier alpha value is -0.0613. The maximum atomic E-state index is 13.4. The Bertz CT molecular complexity index is 382. The Morgan fingerprint density at radius 3 is 1.86 bits per heavy atom. The van der Waals surface area contributed by atoms with Gasteiger partial charge in [0.1, 0.15) is 0 Å². The zero-order chi connectivity index (χ0) is 15.7. The van der Waals surface area contributed by atoms with Gasteiger partial charge < -0.3 is 0 Å². The number of hydrogen-bond acceptors (Lipinski definition) is 1. The second kappa shape index (κ2) is 9.85. The van der Waals surface area contributed by atoms with Crippen molar-refractivity contribution in [1.82, 2.24) is 9.78 Å². The molecule has 0 unspecified atom stereocenters. The molecule has 1 rings (SSSR count). The standard InChI is InChI=1S/C13H27.C4H4FN2.Sn/c1-4-7-10-13(11-8-5-2)12-9-6-3;1-7-3-2-4(5)6-7;/h4-12H2,1-3H3;2H,1H3;. The summed E-state index contributed by atoms with van der Waals surface area (Å²) in [7, 11) is 1.91. The number of nitrogens with zero attached hydrogens (tertiary/aromatic N) is 2. The number of rotatable bonds is 11. The summed E-state index contributed by atoms with van der Waals surface area (Å²) < 4.78 is 16.9. The van der Waals surface area contributed by atoms with Gasteiger partial charge in [0, 0.05) is 0 Å². The van der Waals surface area contributed by atoms with E-state index in [0.29, 0.717) is 3.43 Å². The molecule has 2 nitrogen and oxygen atoms in total. The van der Waals surface area contributed by atoms with Gasteiger partial charge in [0.05, 0.1) is 0 Å². The summed E-state index contributed by atoms with van der Waals surface area (Å²) in [5.74, 6) is -0.302. The Labute approximate surface area is 140 Å². The van der Waals surface area contributed by atoms with Crippen molar-refractivity contribution < 1.29 is 4.39 Å². The van der Waals surface area contributed by atoms with Gasteiger partial charge in [-0.3, -0.25) is 0 Å². The molecule has 21 heavy (non-hydrogen) atoms. The molecule has 0 N–H and O–H groups in total. The molecular weight excluding hydrogens is 370 g/mol. The molecule has 0 bridgehead atoms. The second-order valence-corrected chi connectivity index (χ2v) is 11.4. The molecule has 0 fully saturated rings. The Morgan fingerprint density at radius 2 is 1.52 bits per heavy atom. The minimum absolute atomic E-state index is 0.302. The van der Waals surface area contributed by atoms with Gasteiger partial charge in [-0.2, -0.15) is 0 Å². The van der Waals surface area contributed by atoms with Crippen LogP contribution in [-0.4, -0.2) is 30.9 Å². The summed E-state index contributed by atoms with van der Waals surface area (Å²) in [4.78, 5) is 0. The second-order valence-electron chi connectivity index (χ2n) is 6.19. The first-order valence-corrected chi connectivity index (χ1v) is 11.4. The van der Waals surface area contributed by atoms with Crippen molar-refractivity contribution in [2.24, 2.45) is 7.05 Å². The topological polar surface area (TPSA) is 17.8 Å². The fourth-order valence-corrected chi connectivity index (χ4v) is 8.21. The summed E-state index contributed by atoms with van der Waals surface area (Å²) in [5, 5.41) is 3.93. The first-order chi connectivity index (χ1) is 10.1. The summed E-state index contributed by atoms with van der Waals surface area (Å²) in [6.07, 6.45) is 11.7. The predicted molar refractivity (Wildman–Crippen MR) is 89.8 cm³/mol. The van der Waals surface area contributed by atoms with Crippen LogP contribution in [0.15, 0.2) is 6.07 Å². The zero-order valence-electron chi connectivity index (χ0n) is 14.2. The van der Waals surface area contributed by atoms with Gasteiger partial charge in [-0.25, -0.2) is 0 Å². The third-order valence-electron chi connectivity index (χ3n) is 4.27. The fourth-order valence-electron chi connectivity index (χ4n) is 2.93. The number of halogens is 1. The molecule has 0 atom stereocenters. The normalized spacial score (nSPS) is 12.0. The molecule has 0 saturated heterocycles. The zero-order valence-corrected chi connectivity index (χ0v) is 17.1. The molecule has 0 spiro atoms. The minimum atomic E-state index is -0.846. The van der Waals surface area contributed by atoms with E-state index in [1.54, 1.807) is 10.7 Å². The van der Waals surface area contributed by atoms with Crippen molar-refractivity contribution in [2.75, 3.05) is 0 Å². The van der Waals surface area contributed by atoms with Crippen molar-refractivity contribution in [3.05, 3.63) is 12.0 Å². The molecule has 1 aromatic heterocycles. The molecule has 1 aromatic rings. The third kappa shape index (κ3) is 6.29. The molecular formula is C17H31FN2Sn. The van der Waals surface area contributed by atoms with Crippen molar-refractivity contribution in [1.29, 1.82) is 0 Å². The molecule has 0 aromatic carbocycles. The van der Waals surface area contributed by atoms with Crippen molar-refractivity contribution in [3.63, 3.8) is 0 Å². The molecule has 4 heteroatoms. The van der Waals surface area contributed by atoms with Gasteiger partial charge in [0.2, 0.25) is 0 Å². The molecule has 120 valence electrons. The van der Waals surface area contributed by atoms with Crippen molar-refractivity contribution in [2.45, 2.75) is 82.0 Å². The average molecular weight is 401 g/mol. The van der Waals surface area contributed by atoms with Gasteiger partial charge in [0.15, 0.2) is 0 Å². The predicted octanol–water partition coefficient (Wildman–Crippen LogP) is 4.62. The van der Waals surface area contributed by atoms with Crippen LogP contribution in [0.2, 0.25) is 3.43 Å². The van der Waals surface area contributed by atoms with E-state index in [2.05, 4.69) is 25.9 Å². The fraction of sp³-hybridized carbons (Fsp3) is 0.824. The van der Waals surface area contributed by atoms with Crippen LogP contribution in [0.25, 0.3) is 0 Å². The quantitative estimate of drug-likeness (QED) is 0.495. The van der Waals surface area contributed by atoms with E-state index in [1.165, 1.54) is 61.5 Å². The maximum absolute atomic E-state index is 13.4. The van der Waals surface area contributed by atoms with E-state index < -0.39 is 21.1 Å². The Balaban J connectivity index is 2.91. The van der Waals surface area contributed by atoms with Gasteiger partial charge in [0.25, 0.3) is 0 Å². The van der Waals surface area contributed by atoms with Crippen LogP contribution >= 0.6 is 0 Å². The number of unbranched alkanes of at least 4 members (excludes halogenated alkanes) is 3. The number of hydrogen-bond donors (Lipinski definition) is 0. The van der Waals surface area contributed by atoms with Crippen LogP contribution in [0.5, 0.6) is 0 Å². The van der Waals surface area contributed by atoms with Crippen LogP contribution in [-0.2, 0) is 7.05 Å². The van der Waals surface area contributed by atoms with Crippen LogP contribution in [0, 0.1) is 5.95 Å². The molecule has 0 aliphatic rings. The van der Waals surface area contributed by atoms with E-state index in [0.717, 1.165) is 0 Å². The van der Waals surface area contributed by atoms with Gasteiger partial charge >= 0.3 is 140 Å². The van der Waals surface area contributed by atoms with Gasteiger partial charge in [-0.15, -0.1) is 0 Å². The van der Waals surface area contributed by atoms with E-state index in [9.17, 15) is 4.39 Å². The average Bonchev–Trinajstić information content (AvgIpc) is 2.78. The molecule has 0 aliphatic carbocycles. The van der Waals surface area contributed by atoms with Gasteiger partial charge in [-0.05, 0) is 0 Å². The summed E-state index contributed by atoms with van der Waals surface area (Å²) in [5.41, 5.74) is 0. The molecule has 0 aliphatic heterocycles. The van der Waals surface area contributed by atoms with Gasteiger partial charge in [-0.1, -0.05) is 0 Å². The van der Waals surface area contributed by atoms with E-state index in [4.69, 9.17) is 0 Å². The molecule has 0 saturated carbocycles. The van der Waals surface area contributed by atoms with Crippen LogP contribution in [0.1, 0.15) is 78.6 Å². The van der Waals surface area contributed by atoms with Crippen LogP contribution in [0.3, 0.4) is 0 Å². The van der Waals surface area contributed by atoms with Crippen molar-refractivity contribution >= 4 is 24.9 Å². The van der Waals surface area contributed by atoms with Crippen LogP contribution < -0.4 is 3.71 Å². The summed E-state index contributed by atoms with van der Waals surface area (Å²) in [6.45, 7) is 6.83. The van der Waals surface area contributed by atoms with Crippen LogP contribution in [0.4, 0.5) is 4.39 Å². The summed E-state index contributed by atoms with van der Waals surface area (Å²) >= 11 is -0.846. The molecule has 2 radical (unpaired) electrons. The van der Waals surface area contributed by atoms with Crippen molar-refractivity contribution in [3.8, 4) is 0 Å². The molecule has 1 heterocycles. The first-order valence-electron chi connectivity index (χ1n) is 8.54. The van der Waals surface area contributed by atoms with E-state index in [1.807, 2.05) is 7.05 Å². The number of aryl methyl sites for hydroxylation is 1. The molecule has 0 amide bonds. The van der Waals surface area contributed by atoms with E-state index in [-0.39, 0.29) is 5.95 Å². The SMILES string of the molecule is CCCC[C](CCCC)(CCCC)[Sn][c]1cc(F)nn1C. The first kappa shape index (κ1) is 19.0. The summed E-state index contributed by atoms with van der Waals surface area (Å²) in [6, 6.07) is 1.70. The third-order valence-corrected chi connectivity index (χ3v) is 9.99. The number of aromatic nitrogens is 2. The van der Waals surface area contributed by atoms with E-state index >= 15 is 0 Å². The Morgan fingerprint density at radius 1 is 1.05 bits per heavy atom. The monoisotopic (exact) mass is 402 g/mol. The Kier molecular flexibility index (Phi) is 8.91.